The SMILES string of the molecule is c1ccc(-c2nc(-c3ccc4ccccc4c3)cc(-c3ccc4c(c3)c3cc5c6ccccc6n(-c6ccccc6)c5cc3n4-c3ccccc3)n2)cc1. The summed E-state index contributed by atoms with van der Waals surface area (Å²) in [6.45, 7) is 0. The summed E-state index contributed by atoms with van der Waals surface area (Å²) in [5, 5.41) is 7.24. The summed E-state index contributed by atoms with van der Waals surface area (Å²) >= 11 is 0. The Bertz CT molecular complexity index is 3200. The molecule has 3 heterocycles. The van der Waals surface area contributed by atoms with Gasteiger partial charge in [-0.15, -0.1) is 0 Å². The van der Waals surface area contributed by atoms with Crippen molar-refractivity contribution in [2.24, 2.45) is 0 Å². The van der Waals surface area contributed by atoms with Crippen molar-refractivity contribution in [1.29, 1.82) is 0 Å². The van der Waals surface area contributed by atoms with Gasteiger partial charge in [-0.05, 0) is 77.5 Å². The number of rotatable bonds is 5. The van der Waals surface area contributed by atoms with Crippen molar-refractivity contribution in [2.45, 2.75) is 0 Å². The van der Waals surface area contributed by atoms with Gasteiger partial charge >= 0.3 is 0 Å². The molecule has 0 atom stereocenters. The Morgan fingerprint density at radius 2 is 0.815 bits per heavy atom. The van der Waals surface area contributed by atoms with E-state index in [1.165, 1.54) is 43.4 Å². The van der Waals surface area contributed by atoms with Crippen LogP contribution >= 0.6 is 0 Å². The molecule has 0 aliphatic heterocycles. The third-order valence-corrected chi connectivity index (χ3v) is 10.7. The Hall–Kier alpha value is -7.30. The number of fused-ring (bicyclic) bond motifs is 7. The van der Waals surface area contributed by atoms with Gasteiger partial charge in [0.2, 0.25) is 0 Å². The van der Waals surface area contributed by atoms with Crippen LogP contribution in [0.25, 0.3) is 99.7 Å². The average molecular weight is 689 g/mol. The van der Waals surface area contributed by atoms with E-state index in [4.69, 9.17) is 9.97 Å². The molecule has 11 rings (SSSR count). The topological polar surface area (TPSA) is 35.6 Å². The third-order valence-electron chi connectivity index (χ3n) is 10.7. The maximum absolute atomic E-state index is 5.22. The lowest BCUT2D eigenvalue weighted by atomic mass is 10.0. The number of hydrogen-bond acceptors (Lipinski definition) is 2. The second-order valence-electron chi connectivity index (χ2n) is 13.9. The molecular formula is C50H32N4. The molecule has 4 nitrogen and oxygen atoms in total. The van der Waals surface area contributed by atoms with Crippen LogP contribution < -0.4 is 0 Å². The van der Waals surface area contributed by atoms with E-state index < -0.39 is 0 Å². The minimum Gasteiger partial charge on any atom is -0.309 e. The predicted molar refractivity (Wildman–Crippen MR) is 225 cm³/mol. The molecule has 0 aliphatic rings. The van der Waals surface area contributed by atoms with E-state index in [1.807, 2.05) is 18.2 Å². The van der Waals surface area contributed by atoms with Crippen LogP contribution in [0.5, 0.6) is 0 Å². The van der Waals surface area contributed by atoms with Crippen LogP contribution in [0, 0.1) is 0 Å². The van der Waals surface area contributed by atoms with Gasteiger partial charge in [0.25, 0.3) is 0 Å². The quantitative estimate of drug-likeness (QED) is 0.180. The van der Waals surface area contributed by atoms with Crippen molar-refractivity contribution in [2.75, 3.05) is 0 Å². The molecule has 0 amide bonds. The summed E-state index contributed by atoms with van der Waals surface area (Å²) in [6.07, 6.45) is 0. The van der Waals surface area contributed by atoms with Crippen molar-refractivity contribution in [3.05, 3.63) is 194 Å². The van der Waals surface area contributed by atoms with E-state index in [0.717, 1.165) is 50.5 Å². The first kappa shape index (κ1) is 30.3. The maximum Gasteiger partial charge on any atom is 0.160 e. The van der Waals surface area contributed by atoms with Crippen LogP contribution in [-0.4, -0.2) is 19.1 Å². The lowest BCUT2D eigenvalue weighted by Crippen LogP contribution is -1.96. The molecule has 0 N–H and O–H groups in total. The number of para-hydroxylation sites is 3. The molecule has 0 spiro atoms. The smallest absolute Gasteiger partial charge is 0.160 e. The van der Waals surface area contributed by atoms with Gasteiger partial charge in [0, 0.05) is 49.6 Å². The summed E-state index contributed by atoms with van der Waals surface area (Å²) in [7, 11) is 0. The molecule has 8 aromatic carbocycles. The van der Waals surface area contributed by atoms with Crippen LogP contribution in [0.4, 0.5) is 0 Å². The molecule has 0 aliphatic carbocycles. The predicted octanol–water partition coefficient (Wildman–Crippen LogP) is 12.8. The van der Waals surface area contributed by atoms with E-state index in [1.54, 1.807) is 0 Å². The van der Waals surface area contributed by atoms with Gasteiger partial charge in [-0.1, -0.05) is 127 Å². The van der Waals surface area contributed by atoms with Gasteiger partial charge < -0.3 is 9.13 Å². The first-order valence-corrected chi connectivity index (χ1v) is 18.3. The second-order valence-corrected chi connectivity index (χ2v) is 13.9. The monoisotopic (exact) mass is 688 g/mol. The Kier molecular flexibility index (Phi) is 6.82. The minimum atomic E-state index is 0.707. The van der Waals surface area contributed by atoms with E-state index >= 15 is 0 Å². The Morgan fingerprint density at radius 1 is 0.296 bits per heavy atom. The summed E-state index contributed by atoms with van der Waals surface area (Å²) in [6, 6.07) is 69.1. The molecule has 4 heteroatoms. The highest BCUT2D eigenvalue weighted by Gasteiger charge is 2.20. The average Bonchev–Trinajstić information content (AvgIpc) is 3.75. The summed E-state index contributed by atoms with van der Waals surface area (Å²) < 4.78 is 4.79. The molecule has 54 heavy (non-hydrogen) atoms. The van der Waals surface area contributed by atoms with Crippen molar-refractivity contribution >= 4 is 54.4 Å². The van der Waals surface area contributed by atoms with Crippen LogP contribution in [0.2, 0.25) is 0 Å². The summed E-state index contributed by atoms with van der Waals surface area (Å²) in [5.41, 5.74) is 11.8. The molecule has 0 saturated heterocycles. The molecule has 252 valence electrons. The standard InChI is InChI=1S/C50H32N4/c1-4-15-34(16-5-1)50-51-44(36-25-24-33-14-10-11-17-35(33)28-36)31-45(52-50)37-26-27-47-41(29-37)43-30-42-40-22-12-13-23-46(40)53(38-18-6-2-7-19-38)48(42)32-49(43)54(47)39-20-8-3-9-21-39/h1-32H. The third kappa shape index (κ3) is 4.85. The summed E-state index contributed by atoms with van der Waals surface area (Å²) in [4.78, 5) is 10.4. The fourth-order valence-corrected chi connectivity index (χ4v) is 8.16. The normalized spacial score (nSPS) is 11.7. The minimum absolute atomic E-state index is 0.707. The molecule has 0 fully saturated rings. The van der Waals surface area contributed by atoms with Crippen molar-refractivity contribution in [3.8, 4) is 45.3 Å². The number of nitrogens with zero attached hydrogens (tertiary/aromatic N) is 4. The Morgan fingerprint density at radius 3 is 1.52 bits per heavy atom. The highest BCUT2D eigenvalue weighted by molar-refractivity contribution is 6.19. The highest BCUT2D eigenvalue weighted by Crippen LogP contribution is 2.41. The lowest BCUT2D eigenvalue weighted by Gasteiger charge is -2.11. The lowest BCUT2D eigenvalue weighted by molar-refractivity contribution is 1.16. The zero-order chi connectivity index (χ0) is 35.6. The number of benzene rings is 8. The Balaban J connectivity index is 1.18. The second kappa shape index (κ2) is 12.1. The molecule has 0 saturated carbocycles. The first-order valence-electron chi connectivity index (χ1n) is 18.3. The fourth-order valence-electron chi connectivity index (χ4n) is 8.16. The van der Waals surface area contributed by atoms with Crippen LogP contribution in [0.15, 0.2) is 194 Å². The van der Waals surface area contributed by atoms with Gasteiger partial charge in [0.15, 0.2) is 5.82 Å². The van der Waals surface area contributed by atoms with Crippen LogP contribution in [0.1, 0.15) is 0 Å². The molecule has 0 radical (unpaired) electrons. The molecule has 0 unspecified atom stereocenters. The molecule has 0 bridgehead atoms. The van der Waals surface area contributed by atoms with Gasteiger partial charge in [-0.3, -0.25) is 0 Å². The van der Waals surface area contributed by atoms with Gasteiger partial charge in [0.1, 0.15) is 0 Å². The maximum atomic E-state index is 5.22. The van der Waals surface area contributed by atoms with Crippen LogP contribution in [0.3, 0.4) is 0 Å². The van der Waals surface area contributed by atoms with Crippen molar-refractivity contribution < 1.29 is 0 Å². The largest absolute Gasteiger partial charge is 0.309 e. The van der Waals surface area contributed by atoms with E-state index in [2.05, 4.69) is 185 Å². The van der Waals surface area contributed by atoms with E-state index in [-0.39, 0.29) is 0 Å². The van der Waals surface area contributed by atoms with E-state index in [9.17, 15) is 0 Å². The van der Waals surface area contributed by atoms with Gasteiger partial charge in [0.05, 0.1) is 33.5 Å². The zero-order valence-corrected chi connectivity index (χ0v) is 29.3. The highest BCUT2D eigenvalue weighted by atomic mass is 15.0. The van der Waals surface area contributed by atoms with E-state index in [0.29, 0.717) is 5.82 Å². The zero-order valence-electron chi connectivity index (χ0n) is 29.3. The van der Waals surface area contributed by atoms with Gasteiger partial charge in [-0.2, -0.15) is 0 Å². The number of hydrogen-bond donors (Lipinski definition) is 0. The molecular weight excluding hydrogens is 657 g/mol. The molecule has 3 aromatic heterocycles. The fraction of sp³-hybridized carbons (Fsp3) is 0. The summed E-state index contributed by atoms with van der Waals surface area (Å²) in [5.74, 6) is 0.707. The van der Waals surface area contributed by atoms with Crippen LogP contribution in [-0.2, 0) is 0 Å². The van der Waals surface area contributed by atoms with Crippen molar-refractivity contribution in [3.63, 3.8) is 0 Å². The van der Waals surface area contributed by atoms with Crippen molar-refractivity contribution in [1.82, 2.24) is 19.1 Å². The first-order chi connectivity index (χ1) is 26.8. The van der Waals surface area contributed by atoms with Gasteiger partial charge in [-0.25, -0.2) is 9.97 Å². The molecule has 11 aromatic rings. The number of aromatic nitrogens is 4. The Labute approximate surface area is 311 Å².